The van der Waals surface area contributed by atoms with Crippen molar-refractivity contribution in [1.29, 1.82) is 0 Å². The Balaban J connectivity index is 1.80. The normalized spacial score (nSPS) is 30.2. The lowest BCUT2D eigenvalue weighted by Gasteiger charge is -2.33. The topological polar surface area (TPSA) is 42.1 Å². The maximum absolute atomic E-state index is 6.42. The minimum Gasteiger partial charge on any atom is -0.326 e. The molecule has 1 saturated heterocycles. The van der Waals surface area contributed by atoms with Crippen LogP contribution in [0.15, 0.2) is 24.5 Å². The van der Waals surface area contributed by atoms with Crippen LogP contribution in [0.1, 0.15) is 44.2 Å². The Morgan fingerprint density at radius 1 is 1.26 bits per heavy atom. The third-order valence-corrected chi connectivity index (χ3v) is 5.07. The molecule has 3 rings (SSSR count). The molecule has 4 atom stereocenters. The highest BCUT2D eigenvalue weighted by molar-refractivity contribution is 5.18. The molecule has 0 spiro atoms. The highest BCUT2D eigenvalue weighted by Gasteiger charge is 2.40. The Labute approximate surface area is 116 Å². The van der Waals surface area contributed by atoms with E-state index in [1.54, 1.807) is 0 Å². The van der Waals surface area contributed by atoms with Crippen LogP contribution in [0.4, 0.5) is 0 Å². The van der Waals surface area contributed by atoms with E-state index >= 15 is 0 Å². The molecule has 0 bridgehead atoms. The Morgan fingerprint density at radius 2 is 1.89 bits per heavy atom. The SMILES string of the molecule is CCC(N)C(c1ccncc1)N1CC2CCCC2C1. The molecule has 19 heavy (non-hydrogen) atoms. The average molecular weight is 259 g/mol. The standard InChI is InChI=1S/C16H25N3/c1-2-15(17)16(12-6-8-18-9-7-12)19-10-13-4-3-5-14(13)11-19/h6-9,13-16H,2-5,10-11,17H2,1H3. The third-order valence-electron chi connectivity index (χ3n) is 5.07. The molecular formula is C16H25N3. The summed E-state index contributed by atoms with van der Waals surface area (Å²) in [6.45, 7) is 4.67. The van der Waals surface area contributed by atoms with Gasteiger partial charge in [-0.1, -0.05) is 13.3 Å². The molecule has 0 aromatic carbocycles. The van der Waals surface area contributed by atoms with Gasteiger partial charge in [0, 0.05) is 37.6 Å². The highest BCUT2D eigenvalue weighted by Crippen LogP contribution is 2.41. The van der Waals surface area contributed by atoms with Crippen molar-refractivity contribution in [1.82, 2.24) is 9.88 Å². The number of hydrogen-bond acceptors (Lipinski definition) is 3. The van der Waals surface area contributed by atoms with E-state index in [1.807, 2.05) is 12.4 Å². The van der Waals surface area contributed by atoms with Crippen LogP contribution >= 0.6 is 0 Å². The van der Waals surface area contributed by atoms with Crippen LogP contribution in [0.25, 0.3) is 0 Å². The van der Waals surface area contributed by atoms with Crippen LogP contribution < -0.4 is 5.73 Å². The maximum atomic E-state index is 6.42. The lowest BCUT2D eigenvalue weighted by atomic mass is 9.97. The number of nitrogens with two attached hydrogens (primary N) is 1. The number of fused-ring (bicyclic) bond motifs is 1. The summed E-state index contributed by atoms with van der Waals surface area (Å²) >= 11 is 0. The minimum absolute atomic E-state index is 0.223. The van der Waals surface area contributed by atoms with E-state index in [1.165, 1.54) is 37.9 Å². The monoisotopic (exact) mass is 259 g/mol. The van der Waals surface area contributed by atoms with Crippen molar-refractivity contribution in [2.24, 2.45) is 17.6 Å². The lowest BCUT2D eigenvalue weighted by molar-refractivity contribution is 0.194. The Kier molecular flexibility index (Phi) is 3.85. The van der Waals surface area contributed by atoms with Crippen molar-refractivity contribution in [2.45, 2.75) is 44.7 Å². The first-order valence-corrected chi connectivity index (χ1v) is 7.69. The summed E-state index contributed by atoms with van der Waals surface area (Å²) in [5.74, 6) is 1.85. The van der Waals surface area contributed by atoms with Gasteiger partial charge in [-0.05, 0) is 48.8 Å². The molecule has 4 unspecified atom stereocenters. The molecule has 3 nitrogen and oxygen atoms in total. The number of nitrogens with zero attached hydrogens (tertiary/aromatic N) is 2. The van der Waals surface area contributed by atoms with Gasteiger partial charge < -0.3 is 5.73 Å². The van der Waals surface area contributed by atoms with Gasteiger partial charge in [-0.3, -0.25) is 9.88 Å². The Morgan fingerprint density at radius 3 is 2.47 bits per heavy atom. The van der Waals surface area contributed by atoms with Gasteiger partial charge in [-0.25, -0.2) is 0 Å². The van der Waals surface area contributed by atoms with E-state index in [4.69, 9.17) is 5.73 Å². The summed E-state index contributed by atoms with van der Waals surface area (Å²) in [5.41, 5.74) is 7.75. The summed E-state index contributed by atoms with van der Waals surface area (Å²) in [7, 11) is 0. The van der Waals surface area contributed by atoms with Crippen molar-refractivity contribution < 1.29 is 0 Å². The molecule has 0 radical (unpaired) electrons. The first-order chi connectivity index (χ1) is 9.29. The molecule has 2 N–H and O–H groups in total. The highest BCUT2D eigenvalue weighted by atomic mass is 15.2. The summed E-state index contributed by atoms with van der Waals surface area (Å²) < 4.78 is 0. The Hall–Kier alpha value is -0.930. The maximum Gasteiger partial charge on any atom is 0.0500 e. The van der Waals surface area contributed by atoms with Crippen molar-refractivity contribution in [3.05, 3.63) is 30.1 Å². The second-order valence-electron chi connectivity index (χ2n) is 6.20. The molecule has 1 aromatic heterocycles. The molecule has 1 saturated carbocycles. The molecule has 0 amide bonds. The fourth-order valence-electron chi connectivity index (χ4n) is 4.01. The van der Waals surface area contributed by atoms with Gasteiger partial charge in [0.25, 0.3) is 0 Å². The van der Waals surface area contributed by atoms with Crippen LogP contribution in [0.5, 0.6) is 0 Å². The van der Waals surface area contributed by atoms with Gasteiger partial charge in [-0.2, -0.15) is 0 Å². The van der Waals surface area contributed by atoms with E-state index in [2.05, 4.69) is 28.9 Å². The predicted octanol–water partition coefficient (Wildman–Crippen LogP) is 2.59. The summed E-state index contributed by atoms with van der Waals surface area (Å²) in [4.78, 5) is 6.77. The van der Waals surface area contributed by atoms with E-state index in [0.717, 1.165) is 18.3 Å². The third kappa shape index (κ3) is 2.54. The predicted molar refractivity (Wildman–Crippen MR) is 77.6 cm³/mol. The number of aromatic nitrogens is 1. The zero-order chi connectivity index (χ0) is 13.2. The van der Waals surface area contributed by atoms with Gasteiger partial charge in [0.15, 0.2) is 0 Å². The van der Waals surface area contributed by atoms with Crippen LogP contribution in [0.2, 0.25) is 0 Å². The van der Waals surface area contributed by atoms with Gasteiger partial charge >= 0.3 is 0 Å². The van der Waals surface area contributed by atoms with Gasteiger partial charge in [0.1, 0.15) is 0 Å². The lowest BCUT2D eigenvalue weighted by Crippen LogP contribution is -2.40. The number of pyridine rings is 1. The zero-order valence-corrected chi connectivity index (χ0v) is 11.8. The largest absolute Gasteiger partial charge is 0.326 e. The van der Waals surface area contributed by atoms with Crippen LogP contribution in [-0.2, 0) is 0 Å². The fraction of sp³-hybridized carbons (Fsp3) is 0.688. The molecule has 2 aliphatic rings. The molecule has 3 heteroatoms. The zero-order valence-electron chi connectivity index (χ0n) is 11.8. The molecule has 1 aliphatic carbocycles. The van der Waals surface area contributed by atoms with Crippen molar-refractivity contribution in [2.75, 3.05) is 13.1 Å². The quantitative estimate of drug-likeness (QED) is 0.903. The summed E-state index contributed by atoms with van der Waals surface area (Å²) in [6, 6.07) is 4.86. The molecule has 1 aromatic rings. The van der Waals surface area contributed by atoms with E-state index in [9.17, 15) is 0 Å². The van der Waals surface area contributed by atoms with Crippen LogP contribution in [0, 0.1) is 11.8 Å². The fourth-order valence-corrected chi connectivity index (χ4v) is 4.01. The van der Waals surface area contributed by atoms with Crippen LogP contribution in [-0.4, -0.2) is 29.0 Å². The second-order valence-corrected chi connectivity index (χ2v) is 6.20. The number of likely N-dealkylation sites (tertiary alicyclic amines) is 1. The molecule has 1 aliphatic heterocycles. The summed E-state index contributed by atoms with van der Waals surface area (Å²) in [5, 5.41) is 0. The van der Waals surface area contributed by atoms with E-state index in [0.29, 0.717) is 6.04 Å². The first-order valence-electron chi connectivity index (χ1n) is 7.69. The average Bonchev–Trinajstić information content (AvgIpc) is 3.01. The molecular weight excluding hydrogens is 234 g/mol. The Bertz CT molecular complexity index is 394. The minimum atomic E-state index is 0.223. The van der Waals surface area contributed by atoms with Crippen molar-refractivity contribution in [3.63, 3.8) is 0 Å². The van der Waals surface area contributed by atoms with Gasteiger partial charge in [0.2, 0.25) is 0 Å². The van der Waals surface area contributed by atoms with Gasteiger partial charge in [0.05, 0.1) is 0 Å². The van der Waals surface area contributed by atoms with Crippen molar-refractivity contribution in [3.8, 4) is 0 Å². The summed E-state index contributed by atoms with van der Waals surface area (Å²) in [6.07, 6.45) is 9.09. The molecule has 2 fully saturated rings. The van der Waals surface area contributed by atoms with Crippen LogP contribution in [0.3, 0.4) is 0 Å². The molecule has 2 heterocycles. The van der Waals surface area contributed by atoms with Crippen molar-refractivity contribution >= 4 is 0 Å². The molecule has 104 valence electrons. The smallest absolute Gasteiger partial charge is 0.0500 e. The number of rotatable bonds is 4. The first kappa shape index (κ1) is 13.1. The van der Waals surface area contributed by atoms with E-state index in [-0.39, 0.29) is 6.04 Å². The van der Waals surface area contributed by atoms with Gasteiger partial charge in [-0.15, -0.1) is 0 Å². The number of hydrogen-bond donors (Lipinski definition) is 1. The second kappa shape index (κ2) is 5.59. The van der Waals surface area contributed by atoms with E-state index < -0.39 is 0 Å².